The molecule has 0 heterocycles. The molecule has 0 aromatic heterocycles. The van der Waals surface area contributed by atoms with Crippen LogP contribution in [0.5, 0.6) is 11.5 Å². The third kappa shape index (κ3) is 5.49. The highest BCUT2D eigenvalue weighted by atomic mass is 16.6. The number of rotatable bonds is 8. The molecular weight excluding hydrogens is 324 g/mol. The van der Waals surface area contributed by atoms with Gasteiger partial charge in [0.15, 0.2) is 6.61 Å². The van der Waals surface area contributed by atoms with Crippen molar-refractivity contribution >= 4 is 11.6 Å². The minimum absolute atomic E-state index is 0.0792. The number of nitrogens with one attached hydrogen (secondary N) is 1. The number of nitro groups is 1. The number of ether oxygens (including phenoxy) is 2. The Kier molecular flexibility index (Phi) is 6.33. The predicted molar refractivity (Wildman–Crippen MR) is 93.0 cm³/mol. The molecule has 7 nitrogen and oxygen atoms in total. The lowest BCUT2D eigenvalue weighted by Crippen LogP contribution is -2.30. The Bertz CT molecular complexity index is 761. The van der Waals surface area contributed by atoms with Crippen molar-refractivity contribution in [2.24, 2.45) is 0 Å². The second kappa shape index (κ2) is 8.68. The average molecular weight is 344 g/mol. The molecule has 0 saturated heterocycles. The standard InChI is InChI=1S/C18H20N2O5/c1-13-6-7-17(24-2)14(10-13)8-9-19-18(21)12-25-16-5-3-4-15(11-16)20(22)23/h3-7,10-11H,8-9,12H2,1-2H3,(H,19,21). The first-order valence-electron chi connectivity index (χ1n) is 7.77. The third-order valence-electron chi connectivity index (χ3n) is 3.55. The Labute approximate surface area is 145 Å². The number of non-ortho nitro benzene ring substituents is 1. The van der Waals surface area contributed by atoms with Crippen LogP contribution in [0.15, 0.2) is 42.5 Å². The second-order valence-corrected chi connectivity index (χ2v) is 5.46. The first-order valence-corrected chi connectivity index (χ1v) is 7.77. The maximum Gasteiger partial charge on any atom is 0.273 e. The van der Waals surface area contributed by atoms with Gasteiger partial charge < -0.3 is 14.8 Å². The van der Waals surface area contributed by atoms with Crippen molar-refractivity contribution in [1.82, 2.24) is 5.32 Å². The number of methoxy groups -OCH3 is 1. The zero-order chi connectivity index (χ0) is 18.2. The van der Waals surface area contributed by atoms with Gasteiger partial charge in [0.05, 0.1) is 18.1 Å². The monoisotopic (exact) mass is 344 g/mol. The number of hydrogen-bond donors (Lipinski definition) is 1. The molecular formula is C18H20N2O5. The van der Waals surface area contributed by atoms with E-state index in [1.807, 2.05) is 25.1 Å². The maximum atomic E-state index is 11.8. The van der Waals surface area contributed by atoms with Gasteiger partial charge in [0, 0.05) is 12.6 Å². The second-order valence-electron chi connectivity index (χ2n) is 5.46. The van der Waals surface area contributed by atoms with Crippen LogP contribution in [0.1, 0.15) is 11.1 Å². The average Bonchev–Trinajstić information content (AvgIpc) is 2.60. The van der Waals surface area contributed by atoms with E-state index in [1.54, 1.807) is 13.2 Å². The summed E-state index contributed by atoms with van der Waals surface area (Å²) in [6.07, 6.45) is 0.632. The van der Waals surface area contributed by atoms with Crippen molar-refractivity contribution in [3.05, 3.63) is 63.7 Å². The number of aryl methyl sites for hydroxylation is 1. The van der Waals surface area contributed by atoms with Crippen LogP contribution in [-0.2, 0) is 11.2 Å². The molecule has 2 aromatic rings. The van der Waals surface area contributed by atoms with Crippen LogP contribution in [0.4, 0.5) is 5.69 Å². The smallest absolute Gasteiger partial charge is 0.273 e. The fourth-order valence-corrected chi connectivity index (χ4v) is 2.33. The van der Waals surface area contributed by atoms with Gasteiger partial charge in [0.25, 0.3) is 11.6 Å². The van der Waals surface area contributed by atoms with Crippen molar-refractivity contribution < 1.29 is 19.2 Å². The highest BCUT2D eigenvalue weighted by Crippen LogP contribution is 2.20. The third-order valence-corrected chi connectivity index (χ3v) is 3.55. The first kappa shape index (κ1) is 18.3. The SMILES string of the molecule is COc1ccc(C)cc1CCNC(=O)COc1cccc([N+](=O)[O-])c1. The van der Waals surface area contributed by atoms with E-state index in [0.717, 1.165) is 16.9 Å². The van der Waals surface area contributed by atoms with Gasteiger partial charge in [-0.15, -0.1) is 0 Å². The first-order chi connectivity index (χ1) is 12.0. The van der Waals surface area contributed by atoms with Crippen LogP contribution in [-0.4, -0.2) is 31.1 Å². The van der Waals surface area contributed by atoms with Gasteiger partial charge in [0.1, 0.15) is 11.5 Å². The van der Waals surface area contributed by atoms with Crippen molar-refractivity contribution in [3.8, 4) is 11.5 Å². The fourth-order valence-electron chi connectivity index (χ4n) is 2.33. The van der Waals surface area contributed by atoms with Crippen LogP contribution in [0, 0.1) is 17.0 Å². The summed E-state index contributed by atoms with van der Waals surface area (Å²) in [6.45, 7) is 2.23. The molecule has 0 aliphatic carbocycles. The molecule has 0 atom stereocenters. The predicted octanol–water partition coefficient (Wildman–Crippen LogP) is 2.65. The Morgan fingerprint density at radius 2 is 2.04 bits per heavy atom. The summed E-state index contributed by atoms with van der Waals surface area (Å²) in [7, 11) is 1.61. The number of carbonyl (C=O) groups is 1. The molecule has 0 fully saturated rings. The molecule has 0 saturated carbocycles. The maximum absolute atomic E-state index is 11.8. The van der Waals surface area contributed by atoms with E-state index in [1.165, 1.54) is 18.2 Å². The molecule has 7 heteroatoms. The Hall–Kier alpha value is -3.09. The summed E-state index contributed by atoms with van der Waals surface area (Å²) >= 11 is 0. The molecule has 1 amide bonds. The molecule has 0 bridgehead atoms. The number of amides is 1. The highest BCUT2D eigenvalue weighted by Gasteiger charge is 2.09. The molecule has 0 aliphatic heterocycles. The Balaban J connectivity index is 1.80. The minimum Gasteiger partial charge on any atom is -0.496 e. The largest absolute Gasteiger partial charge is 0.496 e. The van der Waals surface area contributed by atoms with Gasteiger partial charge in [-0.05, 0) is 31.0 Å². The van der Waals surface area contributed by atoms with E-state index in [2.05, 4.69) is 5.32 Å². The lowest BCUT2D eigenvalue weighted by molar-refractivity contribution is -0.384. The Morgan fingerprint density at radius 1 is 1.24 bits per heavy atom. The van der Waals surface area contributed by atoms with Crippen LogP contribution < -0.4 is 14.8 Å². The number of carbonyl (C=O) groups excluding carboxylic acids is 1. The summed E-state index contributed by atoms with van der Waals surface area (Å²) in [6, 6.07) is 11.6. The van der Waals surface area contributed by atoms with E-state index in [-0.39, 0.29) is 24.0 Å². The van der Waals surface area contributed by atoms with Crippen molar-refractivity contribution in [2.45, 2.75) is 13.3 Å². The molecule has 0 unspecified atom stereocenters. The van der Waals surface area contributed by atoms with Crippen molar-refractivity contribution in [1.29, 1.82) is 0 Å². The molecule has 132 valence electrons. The molecule has 1 N–H and O–H groups in total. The zero-order valence-corrected chi connectivity index (χ0v) is 14.2. The normalized spacial score (nSPS) is 10.2. The highest BCUT2D eigenvalue weighted by molar-refractivity contribution is 5.77. The number of nitro benzene ring substituents is 1. The van der Waals surface area contributed by atoms with E-state index in [0.29, 0.717) is 13.0 Å². The van der Waals surface area contributed by atoms with Gasteiger partial charge in [-0.2, -0.15) is 0 Å². The number of benzene rings is 2. The molecule has 0 spiro atoms. The fraction of sp³-hybridized carbons (Fsp3) is 0.278. The van der Waals surface area contributed by atoms with Gasteiger partial charge >= 0.3 is 0 Å². The molecule has 0 aliphatic rings. The Morgan fingerprint density at radius 3 is 2.76 bits per heavy atom. The van der Waals surface area contributed by atoms with Gasteiger partial charge in [-0.3, -0.25) is 14.9 Å². The number of hydrogen-bond acceptors (Lipinski definition) is 5. The van der Waals surface area contributed by atoms with Gasteiger partial charge in [0.2, 0.25) is 0 Å². The van der Waals surface area contributed by atoms with E-state index >= 15 is 0 Å². The van der Waals surface area contributed by atoms with E-state index < -0.39 is 4.92 Å². The van der Waals surface area contributed by atoms with Crippen molar-refractivity contribution in [2.75, 3.05) is 20.3 Å². The summed E-state index contributed by atoms with van der Waals surface area (Å²) in [4.78, 5) is 22.0. The lowest BCUT2D eigenvalue weighted by Gasteiger charge is -2.11. The number of nitrogens with zero attached hydrogens (tertiary/aromatic N) is 1. The zero-order valence-electron chi connectivity index (χ0n) is 14.2. The van der Waals surface area contributed by atoms with Crippen molar-refractivity contribution in [3.63, 3.8) is 0 Å². The topological polar surface area (TPSA) is 90.7 Å². The van der Waals surface area contributed by atoms with E-state index in [9.17, 15) is 14.9 Å². The minimum atomic E-state index is -0.512. The van der Waals surface area contributed by atoms with Gasteiger partial charge in [-0.25, -0.2) is 0 Å². The van der Waals surface area contributed by atoms with Crippen LogP contribution in [0.3, 0.4) is 0 Å². The molecule has 25 heavy (non-hydrogen) atoms. The summed E-state index contributed by atoms with van der Waals surface area (Å²) in [5.41, 5.74) is 2.06. The lowest BCUT2D eigenvalue weighted by atomic mass is 10.1. The summed E-state index contributed by atoms with van der Waals surface area (Å²) in [5, 5.41) is 13.5. The van der Waals surface area contributed by atoms with Gasteiger partial charge in [-0.1, -0.05) is 23.8 Å². The van der Waals surface area contributed by atoms with Crippen LogP contribution >= 0.6 is 0 Å². The molecule has 2 aromatic carbocycles. The molecule has 0 radical (unpaired) electrons. The van der Waals surface area contributed by atoms with Crippen LogP contribution in [0.25, 0.3) is 0 Å². The quantitative estimate of drug-likeness (QED) is 0.587. The van der Waals surface area contributed by atoms with E-state index in [4.69, 9.17) is 9.47 Å². The summed E-state index contributed by atoms with van der Waals surface area (Å²) in [5.74, 6) is 0.774. The molecule has 2 rings (SSSR count). The summed E-state index contributed by atoms with van der Waals surface area (Å²) < 4.78 is 10.6. The van der Waals surface area contributed by atoms with Crippen LogP contribution in [0.2, 0.25) is 0 Å².